The van der Waals surface area contributed by atoms with Gasteiger partial charge in [-0.1, -0.05) is 11.6 Å². The van der Waals surface area contributed by atoms with Crippen LogP contribution >= 0.6 is 11.6 Å². The van der Waals surface area contributed by atoms with Crippen LogP contribution in [0.3, 0.4) is 0 Å². The van der Waals surface area contributed by atoms with Gasteiger partial charge in [0.2, 0.25) is 5.88 Å². The second-order valence-electron chi connectivity index (χ2n) is 2.06. The van der Waals surface area contributed by atoms with Gasteiger partial charge in [0.1, 0.15) is 5.02 Å². The lowest BCUT2D eigenvalue weighted by Crippen LogP contribution is -2.20. The first-order valence-corrected chi connectivity index (χ1v) is 3.45. The van der Waals surface area contributed by atoms with E-state index in [-0.39, 0.29) is 0 Å². The summed E-state index contributed by atoms with van der Waals surface area (Å²) >= 11 is 5.15. The summed E-state index contributed by atoms with van der Waals surface area (Å²) in [6.45, 7) is -3.40. The Kier molecular flexibility index (Phi) is 2.84. The number of rotatable bonds is 2. The lowest BCUT2D eigenvalue weighted by Gasteiger charge is -2.10. The van der Waals surface area contributed by atoms with Gasteiger partial charge >= 0.3 is 12.9 Å². The fraction of sp³-hybridized carbons (Fsp3) is 0.400. The Bertz CT molecular complexity index is 322. The van der Waals surface area contributed by atoms with E-state index in [2.05, 4.69) is 9.84 Å². The largest absolute Gasteiger partial charge is 0.507 e. The van der Waals surface area contributed by atoms with E-state index in [9.17, 15) is 22.0 Å². The van der Waals surface area contributed by atoms with Gasteiger partial charge in [0, 0.05) is 0 Å². The molecule has 1 aromatic heterocycles. The predicted molar refractivity (Wildman–Crippen MR) is 35.2 cm³/mol. The standard InChI is InChI=1S/C5H2ClF5N2O/c6-2-1-12-13(5(9,10)11)3(2)14-4(7)8/h1,4H. The van der Waals surface area contributed by atoms with Crippen LogP contribution in [-0.4, -0.2) is 16.4 Å². The maximum atomic E-state index is 12.0. The maximum absolute atomic E-state index is 12.0. The van der Waals surface area contributed by atoms with Gasteiger partial charge in [0.25, 0.3) is 0 Å². The molecular weight excluding hydrogens is 235 g/mol. The van der Waals surface area contributed by atoms with E-state index in [0.29, 0.717) is 6.20 Å². The summed E-state index contributed by atoms with van der Waals surface area (Å²) in [5, 5.41) is 2.10. The molecule has 0 fully saturated rings. The van der Waals surface area contributed by atoms with Crippen LogP contribution in [0, 0.1) is 0 Å². The molecule has 0 spiro atoms. The minimum atomic E-state index is -4.95. The van der Waals surface area contributed by atoms with E-state index in [1.807, 2.05) is 0 Å². The molecule has 0 aliphatic rings. The molecule has 1 aromatic rings. The zero-order chi connectivity index (χ0) is 10.9. The average molecular weight is 237 g/mol. The second-order valence-corrected chi connectivity index (χ2v) is 2.46. The fourth-order valence-electron chi connectivity index (χ4n) is 0.688. The van der Waals surface area contributed by atoms with Crippen molar-refractivity contribution in [3.8, 4) is 5.88 Å². The molecule has 1 heterocycles. The third kappa shape index (κ3) is 2.25. The number of aromatic nitrogens is 2. The van der Waals surface area contributed by atoms with E-state index in [4.69, 9.17) is 11.6 Å². The minimum absolute atomic E-state index is 0.562. The number of hydrogen-bond acceptors (Lipinski definition) is 2. The Balaban J connectivity index is 3.06. The molecule has 9 heteroatoms. The van der Waals surface area contributed by atoms with Gasteiger partial charge in [0.05, 0.1) is 6.20 Å². The third-order valence-corrected chi connectivity index (χ3v) is 1.38. The molecule has 0 atom stereocenters. The SMILES string of the molecule is FC(F)Oc1c(Cl)cnn1C(F)(F)F. The highest BCUT2D eigenvalue weighted by Crippen LogP contribution is 2.33. The summed E-state index contributed by atoms with van der Waals surface area (Å²) in [5.41, 5.74) is 0. The van der Waals surface area contributed by atoms with Gasteiger partial charge in [0.15, 0.2) is 0 Å². The van der Waals surface area contributed by atoms with Crippen LogP contribution < -0.4 is 4.74 Å². The first-order valence-electron chi connectivity index (χ1n) is 3.08. The lowest BCUT2D eigenvalue weighted by atomic mass is 10.7. The molecule has 0 bridgehead atoms. The van der Waals surface area contributed by atoms with Crippen LogP contribution in [0.2, 0.25) is 5.02 Å². The fourth-order valence-corrected chi connectivity index (χ4v) is 0.857. The summed E-state index contributed by atoms with van der Waals surface area (Å²) in [6, 6.07) is 0. The number of nitrogens with zero attached hydrogens (tertiary/aromatic N) is 2. The van der Waals surface area contributed by atoms with Crippen LogP contribution in [0.1, 0.15) is 0 Å². The highest BCUT2D eigenvalue weighted by Gasteiger charge is 2.37. The molecule has 0 saturated heterocycles. The van der Waals surface area contributed by atoms with Gasteiger partial charge in [-0.05, 0) is 0 Å². The number of ether oxygens (including phenoxy) is 1. The topological polar surface area (TPSA) is 27.1 Å². The molecule has 0 radical (unpaired) electrons. The minimum Gasteiger partial charge on any atom is -0.415 e. The summed E-state index contributed by atoms with van der Waals surface area (Å²) in [4.78, 5) is 0. The molecule has 0 aromatic carbocycles. The van der Waals surface area contributed by atoms with Crippen LogP contribution in [0.25, 0.3) is 0 Å². The van der Waals surface area contributed by atoms with Crippen molar-refractivity contribution in [1.29, 1.82) is 0 Å². The van der Waals surface area contributed by atoms with Crippen molar-refractivity contribution in [3.05, 3.63) is 11.2 Å². The quantitative estimate of drug-likeness (QED) is 0.738. The molecule has 0 aliphatic carbocycles. The Labute approximate surface area is 79.0 Å². The first kappa shape index (κ1) is 11.0. The van der Waals surface area contributed by atoms with Crippen LogP contribution in [0.4, 0.5) is 22.0 Å². The lowest BCUT2D eigenvalue weighted by molar-refractivity contribution is -0.218. The van der Waals surface area contributed by atoms with Crippen LogP contribution in [0.5, 0.6) is 5.88 Å². The summed E-state index contributed by atoms with van der Waals surface area (Å²) < 4.78 is 62.3. The smallest absolute Gasteiger partial charge is 0.415 e. The molecular formula is C5H2ClF5N2O. The number of halogens is 6. The Hall–Kier alpha value is -1.05. The van der Waals surface area contributed by atoms with Crippen molar-refractivity contribution in [2.75, 3.05) is 0 Å². The molecule has 0 N–H and O–H groups in total. The van der Waals surface area contributed by atoms with Crippen molar-refractivity contribution in [1.82, 2.24) is 9.78 Å². The first-order chi connectivity index (χ1) is 6.32. The van der Waals surface area contributed by atoms with Gasteiger partial charge in [-0.15, -0.1) is 17.9 Å². The molecule has 0 amide bonds. The van der Waals surface area contributed by atoms with Gasteiger partial charge in [-0.3, -0.25) is 0 Å². The summed E-state index contributed by atoms with van der Waals surface area (Å²) in [5.74, 6) is -1.23. The molecule has 0 unspecified atom stereocenters. The molecule has 14 heavy (non-hydrogen) atoms. The molecule has 0 saturated carbocycles. The normalized spacial score (nSPS) is 12.2. The van der Waals surface area contributed by atoms with Gasteiger partial charge in [-0.2, -0.15) is 13.9 Å². The van der Waals surface area contributed by atoms with Crippen molar-refractivity contribution >= 4 is 11.6 Å². The molecule has 80 valence electrons. The highest BCUT2D eigenvalue weighted by atomic mass is 35.5. The maximum Gasteiger partial charge on any atom is 0.507 e. The predicted octanol–water partition coefficient (Wildman–Crippen LogP) is 2.61. The summed E-state index contributed by atoms with van der Waals surface area (Å²) in [6.07, 6.45) is -4.38. The van der Waals surface area contributed by atoms with E-state index >= 15 is 0 Å². The third-order valence-electron chi connectivity index (χ3n) is 1.12. The van der Waals surface area contributed by atoms with Crippen molar-refractivity contribution in [3.63, 3.8) is 0 Å². The van der Waals surface area contributed by atoms with E-state index in [0.717, 1.165) is 0 Å². The van der Waals surface area contributed by atoms with Crippen LogP contribution in [-0.2, 0) is 6.30 Å². The summed E-state index contributed by atoms with van der Waals surface area (Å²) in [7, 11) is 0. The molecule has 0 aliphatic heterocycles. The van der Waals surface area contributed by atoms with Gasteiger partial charge < -0.3 is 4.74 Å². The van der Waals surface area contributed by atoms with Crippen molar-refractivity contribution in [2.24, 2.45) is 0 Å². The van der Waals surface area contributed by atoms with E-state index < -0.39 is 28.5 Å². The highest BCUT2D eigenvalue weighted by molar-refractivity contribution is 6.31. The van der Waals surface area contributed by atoms with Crippen molar-refractivity contribution in [2.45, 2.75) is 12.9 Å². The van der Waals surface area contributed by atoms with Gasteiger partial charge in [-0.25, -0.2) is 0 Å². The number of hydrogen-bond donors (Lipinski definition) is 0. The van der Waals surface area contributed by atoms with Crippen LogP contribution in [0.15, 0.2) is 6.20 Å². The average Bonchev–Trinajstić information content (AvgIpc) is 2.30. The molecule has 3 nitrogen and oxygen atoms in total. The zero-order valence-electron chi connectivity index (χ0n) is 6.23. The Morgan fingerprint density at radius 1 is 1.43 bits per heavy atom. The van der Waals surface area contributed by atoms with E-state index in [1.165, 1.54) is 0 Å². The Morgan fingerprint density at radius 2 is 2.00 bits per heavy atom. The monoisotopic (exact) mass is 236 g/mol. The van der Waals surface area contributed by atoms with E-state index in [1.54, 1.807) is 0 Å². The Morgan fingerprint density at radius 3 is 2.43 bits per heavy atom. The zero-order valence-corrected chi connectivity index (χ0v) is 6.98. The van der Waals surface area contributed by atoms with Crippen molar-refractivity contribution < 1.29 is 26.7 Å². The number of alkyl halides is 5. The second kappa shape index (κ2) is 3.60. The molecule has 1 rings (SSSR count).